The van der Waals surface area contributed by atoms with Gasteiger partial charge < -0.3 is 5.32 Å². The summed E-state index contributed by atoms with van der Waals surface area (Å²) in [6.07, 6.45) is 7.81. The maximum atomic E-state index is 12.9. The molecule has 0 fully saturated rings. The van der Waals surface area contributed by atoms with Gasteiger partial charge >= 0.3 is 0 Å². The zero-order valence-electron chi connectivity index (χ0n) is 14.0. The molecule has 2 heterocycles. The zero-order chi connectivity index (χ0) is 17.1. The lowest BCUT2D eigenvalue weighted by Crippen LogP contribution is -2.32. The van der Waals surface area contributed by atoms with E-state index in [1.54, 1.807) is 6.20 Å². The van der Waals surface area contributed by atoms with Crippen LogP contribution in [0.4, 0.5) is 0 Å². The number of benzene rings is 1. The van der Waals surface area contributed by atoms with E-state index >= 15 is 0 Å². The van der Waals surface area contributed by atoms with E-state index < -0.39 is 0 Å². The van der Waals surface area contributed by atoms with Crippen molar-refractivity contribution in [3.8, 4) is 0 Å². The van der Waals surface area contributed by atoms with E-state index in [0.717, 1.165) is 42.5 Å². The van der Waals surface area contributed by atoms with Crippen LogP contribution in [0, 0.1) is 0 Å². The molecule has 0 saturated heterocycles. The molecule has 4 rings (SSSR count). The molecule has 1 aromatic carbocycles. The van der Waals surface area contributed by atoms with Crippen molar-refractivity contribution in [1.82, 2.24) is 25.3 Å². The van der Waals surface area contributed by atoms with Gasteiger partial charge in [-0.2, -0.15) is 10.2 Å². The second kappa shape index (κ2) is 6.93. The topological polar surface area (TPSA) is 75.6 Å². The molecular formula is C19H21N5O. The molecule has 6 nitrogen and oxygen atoms in total. The number of rotatable bonds is 5. The third kappa shape index (κ3) is 3.33. The predicted octanol–water partition coefficient (Wildman–Crippen LogP) is 2.66. The fourth-order valence-corrected chi connectivity index (χ4v) is 3.41. The van der Waals surface area contributed by atoms with Gasteiger partial charge in [-0.3, -0.25) is 14.6 Å². The van der Waals surface area contributed by atoms with Crippen molar-refractivity contribution in [2.75, 3.05) is 0 Å². The maximum absolute atomic E-state index is 12.9. The molecule has 0 bridgehead atoms. The van der Waals surface area contributed by atoms with E-state index in [-0.39, 0.29) is 11.9 Å². The van der Waals surface area contributed by atoms with E-state index in [2.05, 4.69) is 20.6 Å². The van der Waals surface area contributed by atoms with Crippen LogP contribution < -0.4 is 5.32 Å². The van der Waals surface area contributed by atoms with Crippen LogP contribution in [0.1, 0.15) is 46.2 Å². The number of hydrogen-bond acceptors (Lipinski definition) is 3. The van der Waals surface area contributed by atoms with E-state index in [1.807, 2.05) is 47.3 Å². The number of amides is 1. The Morgan fingerprint density at radius 2 is 2.04 bits per heavy atom. The van der Waals surface area contributed by atoms with Gasteiger partial charge in [0.2, 0.25) is 0 Å². The molecule has 128 valence electrons. The average Bonchev–Trinajstić information content (AvgIpc) is 3.31. The minimum absolute atomic E-state index is 0.125. The first kappa shape index (κ1) is 15.6. The van der Waals surface area contributed by atoms with Crippen LogP contribution >= 0.6 is 0 Å². The van der Waals surface area contributed by atoms with E-state index in [9.17, 15) is 4.79 Å². The summed E-state index contributed by atoms with van der Waals surface area (Å²) in [4.78, 5) is 12.9. The Labute approximate surface area is 146 Å². The van der Waals surface area contributed by atoms with Crippen LogP contribution in [-0.2, 0) is 19.4 Å². The molecule has 6 heteroatoms. The van der Waals surface area contributed by atoms with Gasteiger partial charge in [0.25, 0.3) is 5.91 Å². The van der Waals surface area contributed by atoms with Crippen molar-refractivity contribution in [3.05, 3.63) is 71.3 Å². The highest BCUT2D eigenvalue weighted by Gasteiger charge is 2.24. The molecule has 1 aliphatic carbocycles. The van der Waals surface area contributed by atoms with Crippen molar-refractivity contribution >= 4 is 5.91 Å². The molecule has 1 unspecified atom stereocenters. The summed E-state index contributed by atoms with van der Waals surface area (Å²) in [6, 6.07) is 11.7. The summed E-state index contributed by atoms with van der Waals surface area (Å²) in [6.45, 7) is 0.579. The summed E-state index contributed by atoms with van der Waals surface area (Å²) in [5.74, 6) is -0.125. The molecule has 0 radical (unpaired) electrons. The lowest BCUT2D eigenvalue weighted by molar-refractivity contribution is 0.0925. The molecular weight excluding hydrogens is 314 g/mol. The Kier molecular flexibility index (Phi) is 4.33. The Morgan fingerprint density at radius 1 is 1.20 bits per heavy atom. The smallest absolute Gasteiger partial charge is 0.272 e. The first-order valence-corrected chi connectivity index (χ1v) is 8.70. The van der Waals surface area contributed by atoms with Crippen molar-refractivity contribution in [2.24, 2.45) is 0 Å². The molecule has 2 N–H and O–H groups in total. The average molecular weight is 335 g/mol. The molecule has 0 aliphatic heterocycles. The minimum atomic E-state index is -0.162. The highest BCUT2D eigenvalue weighted by molar-refractivity contribution is 5.94. The van der Waals surface area contributed by atoms with Gasteiger partial charge in [-0.05, 0) is 37.3 Å². The SMILES string of the molecule is O=C(NC(Cn1cccn1)c1ccccc1)c1n[nH]c2c1CCCC2. The number of carbonyl (C=O) groups is 1. The first-order chi connectivity index (χ1) is 12.3. The van der Waals surface area contributed by atoms with Gasteiger partial charge in [-0.15, -0.1) is 0 Å². The third-order valence-corrected chi connectivity index (χ3v) is 4.71. The first-order valence-electron chi connectivity index (χ1n) is 8.70. The Bertz CT molecular complexity index is 838. The van der Waals surface area contributed by atoms with Gasteiger partial charge in [0.1, 0.15) is 0 Å². The number of nitrogens with one attached hydrogen (secondary N) is 2. The van der Waals surface area contributed by atoms with Crippen LogP contribution in [0.2, 0.25) is 0 Å². The second-order valence-corrected chi connectivity index (χ2v) is 6.40. The maximum Gasteiger partial charge on any atom is 0.272 e. The fraction of sp³-hybridized carbons (Fsp3) is 0.316. The van der Waals surface area contributed by atoms with Crippen molar-refractivity contribution in [2.45, 2.75) is 38.3 Å². The standard InChI is InChI=1S/C19H21N5O/c25-19(18-15-9-4-5-10-16(15)22-23-18)21-17(13-24-12-6-11-20-24)14-7-2-1-3-8-14/h1-3,6-8,11-12,17H,4-5,9-10,13H2,(H,21,25)(H,22,23). The second-order valence-electron chi connectivity index (χ2n) is 6.40. The number of aromatic nitrogens is 4. The third-order valence-electron chi connectivity index (χ3n) is 4.71. The lowest BCUT2D eigenvalue weighted by atomic mass is 9.95. The van der Waals surface area contributed by atoms with E-state index in [0.29, 0.717) is 12.2 Å². The normalized spacial score (nSPS) is 14.7. The van der Waals surface area contributed by atoms with Gasteiger partial charge in [0, 0.05) is 23.7 Å². The van der Waals surface area contributed by atoms with Gasteiger partial charge in [0.05, 0.1) is 12.6 Å². The molecule has 2 aromatic heterocycles. The number of H-pyrrole nitrogens is 1. The molecule has 1 amide bonds. The molecule has 25 heavy (non-hydrogen) atoms. The summed E-state index contributed by atoms with van der Waals surface area (Å²) in [5, 5.41) is 14.7. The Hall–Kier alpha value is -2.89. The quantitative estimate of drug-likeness (QED) is 0.753. The summed E-state index contributed by atoms with van der Waals surface area (Å²) < 4.78 is 1.83. The van der Waals surface area contributed by atoms with Crippen molar-refractivity contribution in [1.29, 1.82) is 0 Å². The number of fused-ring (bicyclic) bond motifs is 1. The monoisotopic (exact) mass is 335 g/mol. The highest BCUT2D eigenvalue weighted by Crippen LogP contribution is 2.23. The number of carbonyl (C=O) groups excluding carboxylic acids is 1. The van der Waals surface area contributed by atoms with Gasteiger partial charge in [0.15, 0.2) is 5.69 Å². The summed E-state index contributed by atoms with van der Waals surface area (Å²) >= 11 is 0. The number of aryl methyl sites for hydroxylation is 1. The summed E-state index contributed by atoms with van der Waals surface area (Å²) in [7, 11) is 0. The zero-order valence-corrected chi connectivity index (χ0v) is 14.0. The molecule has 0 saturated carbocycles. The molecule has 1 aliphatic rings. The van der Waals surface area contributed by atoms with Gasteiger partial charge in [-0.1, -0.05) is 30.3 Å². The largest absolute Gasteiger partial charge is 0.342 e. The fourth-order valence-electron chi connectivity index (χ4n) is 3.41. The number of nitrogens with zero attached hydrogens (tertiary/aromatic N) is 3. The van der Waals surface area contributed by atoms with Gasteiger partial charge in [-0.25, -0.2) is 0 Å². The van der Waals surface area contributed by atoms with E-state index in [4.69, 9.17) is 0 Å². The van der Waals surface area contributed by atoms with Crippen LogP contribution in [0.25, 0.3) is 0 Å². The molecule has 3 aromatic rings. The van der Waals surface area contributed by atoms with Crippen LogP contribution in [0.15, 0.2) is 48.8 Å². The van der Waals surface area contributed by atoms with E-state index in [1.165, 1.54) is 0 Å². The van der Waals surface area contributed by atoms with Crippen LogP contribution in [-0.4, -0.2) is 25.9 Å². The van der Waals surface area contributed by atoms with Crippen molar-refractivity contribution in [3.63, 3.8) is 0 Å². The predicted molar refractivity (Wildman–Crippen MR) is 94.1 cm³/mol. The number of hydrogen-bond donors (Lipinski definition) is 2. The van der Waals surface area contributed by atoms with Crippen molar-refractivity contribution < 1.29 is 4.79 Å². The minimum Gasteiger partial charge on any atom is -0.342 e. The van der Waals surface area contributed by atoms with Crippen LogP contribution in [0.5, 0.6) is 0 Å². The summed E-state index contributed by atoms with van der Waals surface area (Å²) in [5.41, 5.74) is 3.78. The molecule has 1 atom stereocenters. The van der Waals surface area contributed by atoms with Crippen LogP contribution in [0.3, 0.4) is 0 Å². The molecule has 0 spiro atoms. The Balaban J connectivity index is 1.57. The highest BCUT2D eigenvalue weighted by atomic mass is 16.2. The Morgan fingerprint density at radius 3 is 2.84 bits per heavy atom. The lowest BCUT2D eigenvalue weighted by Gasteiger charge is -2.19. The number of aromatic amines is 1.